The van der Waals surface area contributed by atoms with E-state index in [0.717, 1.165) is 18.9 Å². The Labute approximate surface area is 125 Å². The van der Waals surface area contributed by atoms with Gasteiger partial charge in [-0.05, 0) is 31.0 Å². The number of ether oxygens (including phenoxy) is 1. The number of carboxylic acids is 1. The summed E-state index contributed by atoms with van der Waals surface area (Å²) in [5.74, 6) is -1.15. The van der Waals surface area contributed by atoms with Gasteiger partial charge in [0.05, 0.1) is 17.1 Å². The number of hydrogen-bond acceptors (Lipinski definition) is 4. The summed E-state index contributed by atoms with van der Waals surface area (Å²) < 4.78 is 31.8. The van der Waals surface area contributed by atoms with Crippen LogP contribution in [0.2, 0.25) is 0 Å². The summed E-state index contributed by atoms with van der Waals surface area (Å²) in [5, 5.41) is 9.02. The normalized spacial score (nSPS) is 11.5. The predicted molar refractivity (Wildman–Crippen MR) is 79.1 cm³/mol. The maximum absolute atomic E-state index is 12.0. The molecule has 118 valence electrons. The molecule has 0 fully saturated rings. The van der Waals surface area contributed by atoms with E-state index in [-0.39, 0.29) is 23.6 Å². The lowest BCUT2D eigenvalue weighted by Gasteiger charge is -2.09. The van der Waals surface area contributed by atoms with Crippen molar-refractivity contribution in [1.82, 2.24) is 4.72 Å². The molecule has 0 unspecified atom stereocenters. The lowest BCUT2D eigenvalue weighted by Crippen LogP contribution is -2.27. The van der Waals surface area contributed by atoms with E-state index in [1.54, 1.807) is 6.92 Å². The fourth-order valence-electron chi connectivity index (χ4n) is 1.68. The van der Waals surface area contributed by atoms with E-state index in [2.05, 4.69) is 4.72 Å². The van der Waals surface area contributed by atoms with E-state index in [0.29, 0.717) is 12.2 Å². The van der Waals surface area contributed by atoms with E-state index in [9.17, 15) is 13.2 Å². The molecule has 7 heteroatoms. The summed E-state index contributed by atoms with van der Waals surface area (Å²) in [4.78, 5) is 11.0. The summed E-state index contributed by atoms with van der Waals surface area (Å²) in [6.45, 7) is 4.71. The van der Waals surface area contributed by atoms with E-state index < -0.39 is 16.0 Å². The smallest absolute Gasteiger partial charge is 0.335 e. The molecule has 0 amide bonds. The lowest BCUT2D eigenvalue weighted by atomic mass is 10.1. The number of carbonyl (C=O) groups is 1. The highest BCUT2D eigenvalue weighted by Crippen LogP contribution is 2.15. The fraction of sp³-hybridized carbons (Fsp3) is 0.500. The number of rotatable bonds is 9. The monoisotopic (exact) mass is 315 g/mol. The van der Waals surface area contributed by atoms with Crippen molar-refractivity contribution < 1.29 is 23.1 Å². The molecule has 1 rings (SSSR count). The van der Waals surface area contributed by atoms with E-state index in [1.165, 1.54) is 12.1 Å². The molecular formula is C14H21NO5S. The van der Waals surface area contributed by atoms with Gasteiger partial charge in [-0.3, -0.25) is 0 Å². The molecule has 0 bridgehead atoms. The summed E-state index contributed by atoms with van der Waals surface area (Å²) in [6, 6.07) is 4.04. The van der Waals surface area contributed by atoms with Crippen LogP contribution in [0.25, 0.3) is 0 Å². The number of sulfonamides is 1. The summed E-state index contributed by atoms with van der Waals surface area (Å²) >= 11 is 0. The standard InChI is InChI=1S/C14H21NO5S/c1-3-4-8-20-9-7-15-21(18,19)12-6-5-11(2)13(10-12)14(16)17/h5-6,10,15H,3-4,7-9H2,1-2H3,(H,16,17). The third-order valence-electron chi connectivity index (χ3n) is 2.93. The molecule has 0 saturated heterocycles. The first-order chi connectivity index (χ1) is 9.88. The van der Waals surface area contributed by atoms with Crippen molar-refractivity contribution in [2.75, 3.05) is 19.8 Å². The molecule has 2 N–H and O–H groups in total. The van der Waals surface area contributed by atoms with Crippen molar-refractivity contribution in [2.45, 2.75) is 31.6 Å². The average molecular weight is 315 g/mol. The molecule has 21 heavy (non-hydrogen) atoms. The maximum Gasteiger partial charge on any atom is 0.335 e. The first kappa shape index (κ1) is 17.6. The Morgan fingerprint density at radius 3 is 2.67 bits per heavy atom. The van der Waals surface area contributed by atoms with Gasteiger partial charge in [0.25, 0.3) is 0 Å². The Morgan fingerprint density at radius 1 is 1.33 bits per heavy atom. The van der Waals surface area contributed by atoms with Gasteiger partial charge < -0.3 is 9.84 Å². The zero-order valence-corrected chi connectivity index (χ0v) is 13.1. The number of carboxylic acid groups (broad SMARTS) is 1. The topological polar surface area (TPSA) is 92.7 Å². The minimum absolute atomic E-state index is 0.0166. The SMILES string of the molecule is CCCCOCCNS(=O)(=O)c1ccc(C)c(C(=O)O)c1. The van der Waals surface area contributed by atoms with Gasteiger partial charge in [-0.25, -0.2) is 17.9 Å². The fourth-order valence-corrected chi connectivity index (χ4v) is 2.72. The highest BCUT2D eigenvalue weighted by atomic mass is 32.2. The van der Waals surface area contributed by atoms with Crippen molar-refractivity contribution in [3.63, 3.8) is 0 Å². The average Bonchev–Trinajstić information content (AvgIpc) is 2.42. The zero-order valence-electron chi connectivity index (χ0n) is 12.3. The van der Waals surface area contributed by atoms with Gasteiger partial charge in [0.2, 0.25) is 10.0 Å². The van der Waals surface area contributed by atoms with Gasteiger partial charge in [-0.15, -0.1) is 0 Å². The van der Waals surface area contributed by atoms with Gasteiger partial charge in [0.1, 0.15) is 0 Å². The van der Waals surface area contributed by atoms with Gasteiger partial charge >= 0.3 is 5.97 Å². The van der Waals surface area contributed by atoms with E-state index in [1.807, 2.05) is 6.92 Å². The van der Waals surface area contributed by atoms with Crippen LogP contribution in [0, 0.1) is 6.92 Å². The molecule has 0 atom stereocenters. The second kappa shape index (κ2) is 8.11. The molecule has 0 aliphatic carbocycles. The molecule has 0 radical (unpaired) electrons. The Morgan fingerprint density at radius 2 is 2.05 bits per heavy atom. The van der Waals surface area contributed by atoms with Crippen molar-refractivity contribution in [3.8, 4) is 0 Å². The number of benzene rings is 1. The van der Waals surface area contributed by atoms with Crippen LogP contribution in [-0.2, 0) is 14.8 Å². The maximum atomic E-state index is 12.0. The molecule has 6 nitrogen and oxygen atoms in total. The number of aromatic carboxylic acids is 1. The molecule has 1 aromatic rings. The third kappa shape index (κ3) is 5.45. The van der Waals surface area contributed by atoms with Crippen LogP contribution >= 0.6 is 0 Å². The van der Waals surface area contributed by atoms with Gasteiger partial charge in [0, 0.05) is 13.2 Å². The van der Waals surface area contributed by atoms with Gasteiger partial charge in [-0.1, -0.05) is 19.4 Å². The summed E-state index contributed by atoms with van der Waals surface area (Å²) in [5.41, 5.74) is 0.501. The van der Waals surface area contributed by atoms with Crippen LogP contribution in [0.4, 0.5) is 0 Å². The highest BCUT2D eigenvalue weighted by molar-refractivity contribution is 7.89. The van der Waals surface area contributed by atoms with E-state index in [4.69, 9.17) is 9.84 Å². The summed E-state index contributed by atoms with van der Waals surface area (Å²) in [7, 11) is -3.72. The molecule has 0 aromatic heterocycles. The summed E-state index contributed by atoms with van der Waals surface area (Å²) in [6.07, 6.45) is 1.96. The molecule has 0 aliphatic rings. The third-order valence-corrected chi connectivity index (χ3v) is 4.39. The van der Waals surface area contributed by atoms with E-state index >= 15 is 0 Å². The Kier molecular flexibility index (Phi) is 6.80. The number of nitrogens with one attached hydrogen (secondary N) is 1. The number of aryl methyl sites for hydroxylation is 1. The molecule has 0 aliphatic heterocycles. The number of hydrogen-bond donors (Lipinski definition) is 2. The molecule has 0 saturated carbocycles. The van der Waals surface area contributed by atoms with Crippen LogP contribution < -0.4 is 4.72 Å². The highest BCUT2D eigenvalue weighted by Gasteiger charge is 2.17. The second-order valence-corrected chi connectivity index (χ2v) is 6.41. The predicted octanol–water partition coefficient (Wildman–Crippen LogP) is 1.79. The lowest BCUT2D eigenvalue weighted by molar-refractivity contribution is 0.0696. The first-order valence-corrected chi connectivity index (χ1v) is 8.28. The Balaban J connectivity index is 2.66. The van der Waals surface area contributed by atoms with Crippen molar-refractivity contribution in [2.24, 2.45) is 0 Å². The van der Waals surface area contributed by atoms with Gasteiger partial charge in [0.15, 0.2) is 0 Å². The minimum atomic E-state index is -3.72. The quantitative estimate of drug-likeness (QED) is 0.678. The minimum Gasteiger partial charge on any atom is -0.478 e. The van der Waals surface area contributed by atoms with Gasteiger partial charge in [-0.2, -0.15) is 0 Å². The first-order valence-electron chi connectivity index (χ1n) is 6.80. The van der Waals surface area contributed by atoms with Crippen LogP contribution in [0.1, 0.15) is 35.7 Å². The zero-order chi connectivity index (χ0) is 15.9. The molecule has 1 aromatic carbocycles. The van der Waals surface area contributed by atoms with Crippen molar-refractivity contribution >= 4 is 16.0 Å². The Hall–Kier alpha value is -1.44. The molecule has 0 heterocycles. The Bertz CT molecular complexity index is 583. The largest absolute Gasteiger partial charge is 0.478 e. The van der Waals surface area contributed by atoms with Crippen LogP contribution in [0.5, 0.6) is 0 Å². The molecular weight excluding hydrogens is 294 g/mol. The molecule has 0 spiro atoms. The second-order valence-electron chi connectivity index (χ2n) is 4.65. The van der Waals surface area contributed by atoms with Crippen molar-refractivity contribution in [3.05, 3.63) is 29.3 Å². The van der Waals surface area contributed by atoms with Crippen LogP contribution in [-0.4, -0.2) is 39.3 Å². The van der Waals surface area contributed by atoms with Crippen molar-refractivity contribution in [1.29, 1.82) is 0 Å². The number of unbranched alkanes of at least 4 members (excludes halogenated alkanes) is 1. The van der Waals surface area contributed by atoms with Crippen LogP contribution in [0.3, 0.4) is 0 Å². The van der Waals surface area contributed by atoms with Crippen LogP contribution in [0.15, 0.2) is 23.1 Å².